The van der Waals surface area contributed by atoms with E-state index in [4.69, 9.17) is 2.74 Å². The first-order chi connectivity index (χ1) is 11.3. The second-order valence-electron chi connectivity index (χ2n) is 6.26. The highest BCUT2D eigenvalue weighted by atomic mass is 15.0. The summed E-state index contributed by atoms with van der Waals surface area (Å²) in [6, 6.07) is 12.3. The van der Waals surface area contributed by atoms with Crippen molar-refractivity contribution in [2.45, 2.75) is 20.2 Å². The first kappa shape index (κ1) is 12.5. The van der Waals surface area contributed by atoms with Crippen LogP contribution in [0.3, 0.4) is 0 Å². The van der Waals surface area contributed by atoms with Gasteiger partial charge in [0.05, 0.1) is 0 Å². The third-order valence-corrected chi connectivity index (χ3v) is 4.11. The molecule has 0 N–H and O–H groups in total. The van der Waals surface area contributed by atoms with E-state index in [2.05, 4.69) is 53.0 Å². The Kier molecular flexibility index (Phi) is 3.41. The number of benzene rings is 1. The average molecular weight is 293 g/mol. The van der Waals surface area contributed by atoms with Gasteiger partial charge in [-0.2, -0.15) is 0 Å². The first-order valence-electron chi connectivity index (χ1n) is 8.81. The summed E-state index contributed by atoms with van der Waals surface area (Å²) in [4.78, 5) is 2.19. The molecule has 0 saturated heterocycles. The number of hydrogen-bond acceptors (Lipinski definition) is 1. The molecule has 112 valence electrons. The lowest BCUT2D eigenvalue weighted by atomic mass is 9.49. The highest BCUT2D eigenvalue weighted by molar-refractivity contribution is 6.82. The highest BCUT2D eigenvalue weighted by Gasteiger charge is 2.35. The summed E-state index contributed by atoms with van der Waals surface area (Å²) in [7, 11) is 4.10. The second-order valence-corrected chi connectivity index (χ2v) is 6.26. The molecule has 0 radical (unpaired) electrons. The zero-order valence-corrected chi connectivity index (χ0v) is 13.7. The van der Waals surface area contributed by atoms with Crippen molar-refractivity contribution >= 4 is 24.0 Å². The van der Waals surface area contributed by atoms with E-state index in [1.807, 2.05) is 39.2 Å². The summed E-state index contributed by atoms with van der Waals surface area (Å²) in [5.74, 6) is -0.0747. The molecule has 1 aromatic heterocycles. The molecule has 0 bridgehead atoms. The maximum absolute atomic E-state index is 8.43. The van der Waals surface area contributed by atoms with Gasteiger partial charge in [0.2, 0.25) is 0 Å². The van der Waals surface area contributed by atoms with Crippen molar-refractivity contribution in [2.75, 3.05) is 7.05 Å². The molecule has 0 amide bonds. The van der Waals surface area contributed by atoms with Crippen LogP contribution in [0.15, 0.2) is 48.8 Å². The fourth-order valence-electron chi connectivity index (χ4n) is 3.07. The van der Waals surface area contributed by atoms with Gasteiger partial charge >= 0.3 is 6.85 Å². The first-order valence-corrected chi connectivity index (χ1v) is 7.81. The Morgan fingerprint density at radius 2 is 2.05 bits per heavy atom. The molecule has 3 heteroatoms. The molecule has 0 fully saturated rings. The average Bonchev–Trinajstić information content (AvgIpc) is 2.55. The summed E-state index contributed by atoms with van der Waals surface area (Å²) in [5.41, 5.74) is 4.31. The van der Waals surface area contributed by atoms with E-state index >= 15 is 0 Å². The number of pyridine rings is 1. The lowest BCUT2D eigenvalue weighted by Gasteiger charge is -2.27. The van der Waals surface area contributed by atoms with Gasteiger partial charge in [-0.25, -0.2) is 4.57 Å². The van der Waals surface area contributed by atoms with E-state index in [-0.39, 0.29) is 12.8 Å². The zero-order chi connectivity index (χ0) is 17.5. The Balaban J connectivity index is 2.14. The van der Waals surface area contributed by atoms with Crippen LogP contribution in [0.4, 0.5) is 0 Å². The summed E-state index contributed by atoms with van der Waals surface area (Å²) in [6.45, 7) is 3.94. The van der Waals surface area contributed by atoms with Gasteiger partial charge in [-0.3, -0.25) is 0 Å². The molecular weight excluding hydrogens is 267 g/mol. The smallest absolute Gasteiger partial charge is 0.403 e. The second kappa shape index (κ2) is 6.00. The zero-order valence-electron chi connectivity index (χ0n) is 15.7. The van der Waals surface area contributed by atoms with Gasteiger partial charge in [-0.1, -0.05) is 38.1 Å². The Morgan fingerprint density at radius 3 is 2.82 bits per heavy atom. The molecule has 0 spiro atoms. The van der Waals surface area contributed by atoms with Crippen molar-refractivity contribution in [2.24, 2.45) is 13.0 Å². The normalized spacial score (nSPS) is 15.7. The SMILES string of the molecule is [2H]C([2H])(c1cc[n+](C)c(B2c3ccccc3C=CN2C)c1)C(C)C. The minimum absolute atomic E-state index is 0.0747. The monoisotopic (exact) mass is 293 g/mol. The van der Waals surface area contributed by atoms with E-state index < -0.39 is 6.37 Å². The summed E-state index contributed by atoms with van der Waals surface area (Å²) in [6.07, 6.45) is 4.85. The number of rotatable bonds is 3. The molecule has 0 aliphatic carbocycles. The van der Waals surface area contributed by atoms with Crippen molar-refractivity contribution in [1.29, 1.82) is 0 Å². The molecule has 2 heterocycles. The topological polar surface area (TPSA) is 7.12 Å². The molecule has 1 aliphatic rings. The van der Waals surface area contributed by atoms with E-state index in [1.54, 1.807) is 0 Å². The Labute approximate surface area is 137 Å². The van der Waals surface area contributed by atoms with Crippen LogP contribution in [0.5, 0.6) is 0 Å². The van der Waals surface area contributed by atoms with Crippen LogP contribution in [0.1, 0.15) is 27.7 Å². The molecule has 0 atom stereocenters. The Bertz CT molecular complexity index is 787. The molecular formula is C19H24BN2+. The Hall–Kier alpha value is -2.03. The third kappa shape index (κ3) is 2.80. The third-order valence-electron chi connectivity index (χ3n) is 4.11. The van der Waals surface area contributed by atoms with Crippen LogP contribution < -0.4 is 15.6 Å². The highest BCUT2D eigenvalue weighted by Crippen LogP contribution is 2.11. The minimum atomic E-state index is -1.34. The predicted octanol–water partition coefficient (Wildman–Crippen LogP) is 1.73. The van der Waals surface area contributed by atoms with Crippen LogP contribution in [-0.2, 0) is 13.4 Å². The van der Waals surface area contributed by atoms with E-state index in [9.17, 15) is 0 Å². The quantitative estimate of drug-likeness (QED) is 0.617. The molecule has 1 aliphatic heterocycles. The lowest BCUT2D eigenvalue weighted by Crippen LogP contribution is -2.65. The van der Waals surface area contributed by atoms with Gasteiger partial charge in [0.15, 0.2) is 11.8 Å². The van der Waals surface area contributed by atoms with Gasteiger partial charge in [0.25, 0.3) is 0 Å². The number of aryl methyl sites for hydroxylation is 1. The Morgan fingerprint density at radius 1 is 1.27 bits per heavy atom. The van der Waals surface area contributed by atoms with Crippen LogP contribution >= 0.6 is 0 Å². The van der Waals surface area contributed by atoms with Gasteiger partial charge in [0, 0.05) is 14.9 Å². The van der Waals surface area contributed by atoms with Crippen molar-refractivity contribution in [3.63, 3.8) is 0 Å². The maximum Gasteiger partial charge on any atom is 0.403 e. The molecule has 3 rings (SSSR count). The van der Waals surface area contributed by atoms with Gasteiger partial charge in [-0.05, 0) is 48.2 Å². The molecule has 0 saturated carbocycles. The van der Waals surface area contributed by atoms with Crippen molar-refractivity contribution in [3.8, 4) is 0 Å². The molecule has 0 unspecified atom stereocenters. The molecule has 1 aromatic carbocycles. The minimum Gasteiger partial charge on any atom is -0.411 e. The number of hydrogen-bond donors (Lipinski definition) is 0. The number of nitrogens with zero attached hydrogens (tertiary/aromatic N) is 2. The van der Waals surface area contributed by atoms with Crippen LogP contribution in [-0.4, -0.2) is 18.7 Å². The summed E-state index contributed by atoms with van der Waals surface area (Å²) in [5, 5.41) is 0. The molecule has 2 aromatic rings. The number of aromatic nitrogens is 1. The van der Waals surface area contributed by atoms with E-state index in [0.29, 0.717) is 0 Å². The standard InChI is InChI=1S/C19H24BN2/c1-15(2)13-16-9-11-21(3)19(14-16)20-18-8-6-5-7-17(18)10-12-22(20)4/h5-12,14-15H,13H2,1-4H3/q+1/i13D2. The fourth-order valence-corrected chi connectivity index (χ4v) is 3.07. The predicted molar refractivity (Wildman–Crippen MR) is 94.4 cm³/mol. The van der Waals surface area contributed by atoms with Gasteiger partial charge < -0.3 is 4.81 Å². The van der Waals surface area contributed by atoms with Crippen LogP contribution in [0.2, 0.25) is 0 Å². The molecule has 2 nitrogen and oxygen atoms in total. The van der Waals surface area contributed by atoms with E-state index in [0.717, 1.165) is 11.2 Å². The largest absolute Gasteiger partial charge is 0.411 e. The van der Waals surface area contributed by atoms with Crippen LogP contribution in [0, 0.1) is 5.92 Å². The van der Waals surface area contributed by atoms with Crippen molar-refractivity contribution in [1.82, 2.24) is 4.81 Å². The number of fused-ring (bicyclic) bond motifs is 1. The fraction of sp³-hybridized carbons (Fsp3) is 0.316. The van der Waals surface area contributed by atoms with Crippen LogP contribution in [0.25, 0.3) is 6.08 Å². The lowest BCUT2D eigenvalue weighted by molar-refractivity contribution is -0.654. The van der Waals surface area contributed by atoms with Gasteiger partial charge in [-0.15, -0.1) is 0 Å². The summed E-state index contributed by atoms with van der Waals surface area (Å²) < 4.78 is 19.0. The van der Waals surface area contributed by atoms with Crippen molar-refractivity contribution < 1.29 is 7.31 Å². The molecule has 22 heavy (non-hydrogen) atoms. The maximum atomic E-state index is 8.43. The summed E-state index contributed by atoms with van der Waals surface area (Å²) >= 11 is 0. The van der Waals surface area contributed by atoms with E-state index in [1.165, 1.54) is 11.0 Å². The van der Waals surface area contributed by atoms with Crippen molar-refractivity contribution in [3.05, 3.63) is 59.9 Å². The van der Waals surface area contributed by atoms with Gasteiger partial charge in [0.1, 0.15) is 7.05 Å².